The standard InChI is InChI=1S/C7H5F2NO/c8-7(9)6-5(1-3-10)2-4-11-6/h2,4,7H,1H2. The molecule has 0 amide bonds. The Morgan fingerprint density at radius 2 is 2.36 bits per heavy atom. The first kappa shape index (κ1) is 7.73. The lowest BCUT2D eigenvalue weighted by Gasteiger charge is -1.94. The van der Waals surface area contributed by atoms with Gasteiger partial charge >= 0.3 is 0 Å². The van der Waals surface area contributed by atoms with Gasteiger partial charge in [-0.25, -0.2) is 8.78 Å². The maximum Gasteiger partial charge on any atom is 0.295 e. The molecule has 11 heavy (non-hydrogen) atoms. The Kier molecular flexibility index (Phi) is 2.21. The Bertz CT molecular complexity index is 274. The number of nitriles is 1. The molecule has 1 aromatic heterocycles. The quantitative estimate of drug-likeness (QED) is 0.660. The lowest BCUT2D eigenvalue weighted by atomic mass is 10.2. The van der Waals surface area contributed by atoms with Crippen LogP contribution in [0.15, 0.2) is 16.7 Å². The molecule has 0 unspecified atom stereocenters. The first-order valence-corrected chi connectivity index (χ1v) is 2.97. The van der Waals surface area contributed by atoms with Crippen LogP contribution in [0.1, 0.15) is 17.7 Å². The van der Waals surface area contributed by atoms with E-state index in [1.165, 1.54) is 6.07 Å². The number of hydrogen-bond acceptors (Lipinski definition) is 2. The largest absolute Gasteiger partial charge is 0.463 e. The summed E-state index contributed by atoms with van der Waals surface area (Å²) in [5, 5.41) is 8.21. The molecule has 58 valence electrons. The van der Waals surface area contributed by atoms with E-state index in [4.69, 9.17) is 5.26 Å². The van der Waals surface area contributed by atoms with Crippen molar-refractivity contribution in [3.05, 3.63) is 23.7 Å². The summed E-state index contributed by atoms with van der Waals surface area (Å²) >= 11 is 0. The van der Waals surface area contributed by atoms with Gasteiger partial charge in [-0.15, -0.1) is 0 Å². The van der Waals surface area contributed by atoms with Crippen molar-refractivity contribution >= 4 is 0 Å². The number of alkyl halides is 2. The minimum atomic E-state index is -2.63. The Labute approximate surface area is 62.0 Å². The molecule has 1 aromatic rings. The first-order valence-electron chi connectivity index (χ1n) is 2.97. The third-order valence-corrected chi connectivity index (χ3v) is 1.25. The van der Waals surface area contributed by atoms with Gasteiger partial charge in [0.2, 0.25) is 0 Å². The summed E-state index contributed by atoms with van der Waals surface area (Å²) < 4.78 is 28.4. The van der Waals surface area contributed by atoms with E-state index in [0.29, 0.717) is 0 Å². The Hall–Kier alpha value is -1.37. The van der Waals surface area contributed by atoms with E-state index < -0.39 is 12.2 Å². The summed E-state index contributed by atoms with van der Waals surface area (Å²) in [6, 6.07) is 3.15. The molecular formula is C7H5F2NO. The molecule has 0 aliphatic rings. The van der Waals surface area contributed by atoms with Gasteiger partial charge in [0.1, 0.15) is 0 Å². The molecule has 0 atom stereocenters. The molecule has 0 aliphatic carbocycles. The highest BCUT2D eigenvalue weighted by molar-refractivity contribution is 5.21. The van der Waals surface area contributed by atoms with Crippen LogP contribution in [0.4, 0.5) is 8.78 Å². The molecule has 1 rings (SSSR count). The van der Waals surface area contributed by atoms with Crippen LogP contribution in [-0.4, -0.2) is 0 Å². The molecule has 0 aliphatic heterocycles. The predicted octanol–water partition coefficient (Wildman–Crippen LogP) is 2.28. The molecule has 0 aromatic carbocycles. The maximum atomic E-state index is 12.0. The number of hydrogen-bond donors (Lipinski definition) is 0. The van der Waals surface area contributed by atoms with E-state index in [1.807, 2.05) is 0 Å². The smallest absolute Gasteiger partial charge is 0.295 e. The van der Waals surface area contributed by atoms with Crippen LogP contribution in [0.25, 0.3) is 0 Å². The fourth-order valence-electron chi connectivity index (χ4n) is 0.770. The van der Waals surface area contributed by atoms with E-state index in [9.17, 15) is 8.78 Å². The van der Waals surface area contributed by atoms with Gasteiger partial charge in [0.05, 0.1) is 18.8 Å². The van der Waals surface area contributed by atoms with Crippen molar-refractivity contribution in [1.82, 2.24) is 0 Å². The summed E-state index contributed by atoms with van der Waals surface area (Å²) in [7, 11) is 0. The maximum absolute atomic E-state index is 12.0. The zero-order valence-electron chi connectivity index (χ0n) is 5.55. The summed E-state index contributed by atoms with van der Waals surface area (Å²) in [6.45, 7) is 0. The van der Waals surface area contributed by atoms with Crippen molar-refractivity contribution in [2.45, 2.75) is 12.8 Å². The Morgan fingerprint density at radius 1 is 1.64 bits per heavy atom. The molecule has 4 heteroatoms. The van der Waals surface area contributed by atoms with Gasteiger partial charge in [-0.1, -0.05) is 0 Å². The second-order valence-electron chi connectivity index (χ2n) is 1.95. The summed E-state index contributed by atoms with van der Waals surface area (Å²) in [5.74, 6) is -0.397. The highest BCUT2D eigenvalue weighted by Crippen LogP contribution is 2.23. The van der Waals surface area contributed by atoms with Crippen molar-refractivity contribution < 1.29 is 13.2 Å². The minimum Gasteiger partial charge on any atom is -0.463 e. The second-order valence-corrected chi connectivity index (χ2v) is 1.95. The molecule has 0 bridgehead atoms. The molecule has 2 nitrogen and oxygen atoms in total. The monoisotopic (exact) mass is 157 g/mol. The molecule has 0 saturated heterocycles. The van der Waals surface area contributed by atoms with E-state index in [-0.39, 0.29) is 12.0 Å². The van der Waals surface area contributed by atoms with E-state index >= 15 is 0 Å². The van der Waals surface area contributed by atoms with Gasteiger partial charge in [-0.2, -0.15) is 5.26 Å². The van der Waals surface area contributed by atoms with Crippen LogP contribution >= 0.6 is 0 Å². The number of nitrogens with zero attached hydrogens (tertiary/aromatic N) is 1. The Morgan fingerprint density at radius 3 is 2.91 bits per heavy atom. The lowest BCUT2D eigenvalue weighted by Crippen LogP contribution is -1.87. The van der Waals surface area contributed by atoms with Crippen molar-refractivity contribution in [2.75, 3.05) is 0 Å². The molecular weight excluding hydrogens is 152 g/mol. The van der Waals surface area contributed by atoms with Crippen LogP contribution in [0.5, 0.6) is 0 Å². The predicted molar refractivity (Wildman–Crippen MR) is 33.0 cm³/mol. The third-order valence-electron chi connectivity index (χ3n) is 1.25. The van der Waals surface area contributed by atoms with E-state index in [1.54, 1.807) is 6.07 Å². The van der Waals surface area contributed by atoms with E-state index in [0.717, 1.165) is 6.26 Å². The molecule has 1 heterocycles. The van der Waals surface area contributed by atoms with Gasteiger partial charge in [-0.3, -0.25) is 0 Å². The SMILES string of the molecule is N#CCc1ccoc1C(F)F. The molecule has 0 fully saturated rings. The summed E-state index contributed by atoms with van der Waals surface area (Å²) in [5.41, 5.74) is 0.266. The molecule has 0 radical (unpaired) electrons. The van der Waals surface area contributed by atoms with Crippen LogP contribution in [-0.2, 0) is 6.42 Å². The molecule has 0 saturated carbocycles. The lowest BCUT2D eigenvalue weighted by molar-refractivity contribution is 0.120. The zero-order valence-corrected chi connectivity index (χ0v) is 5.55. The first-order chi connectivity index (χ1) is 5.25. The van der Waals surface area contributed by atoms with Gasteiger partial charge in [0.15, 0.2) is 5.76 Å². The van der Waals surface area contributed by atoms with Gasteiger partial charge in [0, 0.05) is 5.56 Å². The van der Waals surface area contributed by atoms with Gasteiger partial charge in [0.25, 0.3) is 6.43 Å². The second kappa shape index (κ2) is 3.15. The zero-order chi connectivity index (χ0) is 8.27. The fourth-order valence-corrected chi connectivity index (χ4v) is 0.770. The number of halogens is 2. The number of rotatable bonds is 2. The fraction of sp³-hybridized carbons (Fsp3) is 0.286. The molecule has 0 N–H and O–H groups in total. The molecule has 0 spiro atoms. The van der Waals surface area contributed by atoms with Gasteiger partial charge in [-0.05, 0) is 6.07 Å². The van der Waals surface area contributed by atoms with Crippen LogP contribution in [0, 0.1) is 11.3 Å². The van der Waals surface area contributed by atoms with Crippen molar-refractivity contribution in [1.29, 1.82) is 5.26 Å². The minimum absolute atomic E-state index is 0.0316. The van der Waals surface area contributed by atoms with E-state index in [2.05, 4.69) is 4.42 Å². The summed E-state index contributed by atoms with van der Waals surface area (Å²) in [6.07, 6.45) is -1.50. The number of furan rings is 1. The Balaban J connectivity index is 2.89. The average Bonchev–Trinajstić information content (AvgIpc) is 2.36. The average molecular weight is 157 g/mol. The van der Waals surface area contributed by atoms with Crippen LogP contribution < -0.4 is 0 Å². The third kappa shape index (κ3) is 1.55. The van der Waals surface area contributed by atoms with Crippen LogP contribution in [0.2, 0.25) is 0 Å². The van der Waals surface area contributed by atoms with Crippen molar-refractivity contribution in [2.24, 2.45) is 0 Å². The summed E-state index contributed by atoms with van der Waals surface area (Å²) in [4.78, 5) is 0. The highest BCUT2D eigenvalue weighted by atomic mass is 19.3. The van der Waals surface area contributed by atoms with Crippen molar-refractivity contribution in [3.63, 3.8) is 0 Å². The normalized spacial score (nSPS) is 10.0. The van der Waals surface area contributed by atoms with Crippen LogP contribution in [0.3, 0.4) is 0 Å². The van der Waals surface area contributed by atoms with Crippen molar-refractivity contribution in [3.8, 4) is 6.07 Å². The van der Waals surface area contributed by atoms with Gasteiger partial charge < -0.3 is 4.42 Å². The highest BCUT2D eigenvalue weighted by Gasteiger charge is 2.15. The topological polar surface area (TPSA) is 36.9 Å².